The van der Waals surface area contributed by atoms with E-state index in [1.165, 1.54) is 33.5 Å². The minimum Gasteiger partial charge on any atom is -0.505 e. The minimum atomic E-state index is -3.82. The van der Waals surface area contributed by atoms with E-state index >= 15 is 0 Å². The van der Waals surface area contributed by atoms with Gasteiger partial charge in [-0.25, -0.2) is 0 Å². The van der Waals surface area contributed by atoms with Crippen molar-refractivity contribution in [3.05, 3.63) is 49.3 Å². The van der Waals surface area contributed by atoms with Gasteiger partial charge in [0, 0.05) is 51.2 Å². The summed E-state index contributed by atoms with van der Waals surface area (Å²) in [4.78, 5) is 27.5. The van der Waals surface area contributed by atoms with Crippen molar-refractivity contribution in [3.63, 3.8) is 0 Å². The summed E-state index contributed by atoms with van der Waals surface area (Å²) in [6, 6.07) is 2.55. The predicted octanol–water partition coefficient (Wildman–Crippen LogP) is 3.86. The predicted molar refractivity (Wildman–Crippen MR) is 198 cm³/mol. The fraction of sp³-hybridized carbons (Fsp3) is 0.405. The lowest BCUT2D eigenvalue weighted by atomic mass is 9.83. The zero-order valence-corrected chi connectivity index (χ0v) is 30.2. The van der Waals surface area contributed by atoms with Gasteiger partial charge in [-0.2, -0.15) is 8.42 Å². The molecular formula is C37H41NO13S. The molecule has 0 unspecified atom stereocenters. The van der Waals surface area contributed by atoms with Crippen LogP contribution in [0, 0.1) is 0 Å². The number of aliphatic hydroxyl groups is 1. The number of phenolic OH excluding ortho intramolecular Hbond substituents is 2. The van der Waals surface area contributed by atoms with E-state index in [1.807, 2.05) is 13.0 Å². The second-order valence-electron chi connectivity index (χ2n) is 12.5. The Hall–Kier alpha value is -4.67. The quantitative estimate of drug-likeness (QED) is 0.0332. The topological polar surface area (TPSA) is 196 Å². The molecule has 1 aliphatic rings. The fourth-order valence-corrected chi connectivity index (χ4v) is 8.19. The Morgan fingerprint density at radius 3 is 1.94 bits per heavy atom. The SMILES string of the molecule is COc1c(O)c2c(=O)cc(OC)c3c4c(OC)cc(=O)c5c(O)c(NCCCCS(=O)(=O)OCCOCCOCCO)c6c(c(c1C=C(C)C6)c23)c54. The molecule has 0 aromatic heterocycles. The van der Waals surface area contributed by atoms with E-state index in [4.69, 9.17) is 33.0 Å². The van der Waals surface area contributed by atoms with Crippen molar-refractivity contribution in [3.8, 4) is 28.7 Å². The number of nitrogens with one attached hydrogen (secondary N) is 1. The van der Waals surface area contributed by atoms with E-state index < -0.39 is 21.0 Å². The number of methoxy groups -OCH3 is 3. The van der Waals surface area contributed by atoms with Gasteiger partial charge >= 0.3 is 0 Å². The number of allylic oxidation sites excluding steroid dienone is 1. The van der Waals surface area contributed by atoms with Crippen molar-refractivity contribution in [2.24, 2.45) is 0 Å². The largest absolute Gasteiger partial charge is 0.505 e. The Morgan fingerprint density at radius 2 is 1.33 bits per heavy atom. The van der Waals surface area contributed by atoms with Gasteiger partial charge in [0.15, 0.2) is 28.1 Å². The van der Waals surface area contributed by atoms with Gasteiger partial charge < -0.3 is 44.3 Å². The van der Waals surface area contributed by atoms with Crippen LogP contribution in [0.5, 0.6) is 28.7 Å². The normalized spacial score (nSPS) is 13.1. The van der Waals surface area contributed by atoms with E-state index in [-0.39, 0.29) is 97.9 Å². The Kier molecular flexibility index (Phi) is 10.8. The second kappa shape index (κ2) is 15.1. The number of aromatic hydroxyl groups is 2. The molecule has 52 heavy (non-hydrogen) atoms. The first-order valence-corrected chi connectivity index (χ1v) is 18.4. The molecule has 0 aliphatic heterocycles. The van der Waals surface area contributed by atoms with Crippen LogP contribution in [0.2, 0.25) is 0 Å². The fourth-order valence-electron chi connectivity index (χ4n) is 7.20. The Bertz CT molecular complexity index is 2410. The van der Waals surface area contributed by atoms with Gasteiger partial charge in [-0.05, 0) is 37.1 Å². The molecule has 0 spiro atoms. The number of ether oxygens (including phenoxy) is 5. The highest BCUT2D eigenvalue weighted by Crippen LogP contribution is 2.56. The number of hydrogen-bond acceptors (Lipinski definition) is 14. The first-order valence-electron chi connectivity index (χ1n) is 16.8. The third-order valence-corrected chi connectivity index (χ3v) is 10.6. The van der Waals surface area contributed by atoms with Crippen LogP contribution in [-0.2, 0) is 30.2 Å². The van der Waals surface area contributed by atoms with Gasteiger partial charge in [-0.15, -0.1) is 0 Å². The smallest absolute Gasteiger partial charge is 0.267 e. The molecule has 0 atom stereocenters. The molecule has 0 heterocycles. The highest BCUT2D eigenvalue weighted by atomic mass is 32.2. The van der Waals surface area contributed by atoms with E-state index in [0.29, 0.717) is 62.0 Å². The minimum absolute atomic E-state index is 0.0157. The molecule has 4 N–H and O–H groups in total. The van der Waals surface area contributed by atoms with Crippen LogP contribution in [0.15, 0.2) is 27.3 Å². The summed E-state index contributed by atoms with van der Waals surface area (Å²) in [7, 11) is 0.426. The van der Waals surface area contributed by atoms with E-state index in [0.717, 1.165) is 5.57 Å². The van der Waals surface area contributed by atoms with E-state index in [2.05, 4.69) is 5.32 Å². The van der Waals surface area contributed by atoms with Crippen LogP contribution in [0.3, 0.4) is 0 Å². The number of phenols is 2. The Balaban J connectivity index is 1.41. The molecule has 5 aromatic carbocycles. The number of unbranched alkanes of at least 4 members (excludes halogenated alkanes) is 1. The van der Waals surface area contributed by atoms with Gasteiger partial charge in [-0.1, -0.05) is 11.6 Å². The molecule has 14 nitrogen and oxygen atoms in total. The lowest BCUT2D eigenvalue weighted by Gasteiger charge is -2.24. The highest BCUT2D eigenvalue weighted by Gasteiger charge is 2.33. The maximum absolute atomic E-state index is 13.8. The van der Waals surface area contributed by atoms with Gasteiger partial charge in [0.1, 0.15) is 11.5 Å². The van der Waals surface area contributed by atoms with Crippen LogP contribution in [0.4, 0.5) is 5.69 Å². The first kappa shape index (κ1) is 37.1. The molecule has 1 aliphatic carbocycles. The molecule has 5 aromatic rings. The lowest BCUT2D eigenvalue weighted by Crippen LogP contribution is -2.16. The van der Waals surface area contributed by atoms with Gasteiger partial charge in [0.25, 0.3) is 10.1 Å². The summed E-state index contributed by atoms with van der Waals surface area (Å²) in [5.41, 5.74) is 1.28. The van der Waals surface area contributed by atoms with Crippen molar-refractivity contribution in [2.75, 3.05) is 78.6 Å². The number of rotatable bonds is 18. The van der Waals surface area contributed by atoms with Crippen molar-refractivity contribution in [1.29, 1.82) is 0 Å². The maximum atomic E-state index is 13.8. The number of anilines is 1. The Labute approximate surface area is 298 Å². The lowest BCUT2D eigenvalue weighted by molar-refractivity contribution is 0.0252. The number of benzene rings is 5. The van der Waals surface area contributed by atoms with Gasteiger partial charge in [-0.3, -0.25) is 13.8 Å². The molecule has 278 valence electrons. The van der Waals surface area contributed by atoms with Crippen LogP contribution in [0.25, 0.3) is 49.2 Å². The molecule has 0 saturated heterocycles. The summed E-state index contributed by atoms with van der Waals surface area (Å²) in [6.07, 6.45) is 2.79. The third-order valence-electron chi connectivity index (χ3n) is 9.26. The van der Waals surface area contributed by atoms with Gasteiger partial charge in [0.2, 0.25) is 0 Å². The van der Waals surface area contributed by atoms with Crippen molar-refractivity contribution in [2.45, 2.75) is 26.2 Å². The zero-order chi connectivity index (χ0) is 37.3. The first-order chi connectivity index (χ1) is 25.0. The van der Waals surface area contributed by atoms with Crippen molar-refractivity contribution >= 4 is 65.0 Å². The van der Waals surface area contributed by atoms with E-state index in [1.54, 1.807) is 0 Å². The van der Waals surface area contributed by atoms with Crippen molar-refractivity contribution < 1.29 is 51.6 Å². The average molecular weight is 740 g/mol. The molecular weight excluding hydrogens is 698 g/mol. The third kappa shape index (κ3) is 6.47. The number of hydrogen-bond donors (Lipinski definition) is 4. The summed E-state index contributed by atoms with van der Waals surface area (Å²) in [5, 5.41) is 38.2. The molecule has 0 radical (unpaired) electrons. The zero-order valence-electron chi connectivity index (χ0n) is 29.3. The molecule has 0 amide bonds. The standard InChI is InChI=1S/C37H41NO13S/c1-19-15-20-26-27-21(16-19)37(48-4)36(43)29-23(41)18-25(47-3)31(33(27)29)30-24(46-2)17-22(40)28(32(26)30)35(42)34(20)38-7-5-6-14-52(44,45)51-13-12-50-11-10-49-9-8-39/h16-18,38-39,42-43H,5-15H2,1-4H3. The van der Waals surface area contributed by atoms with Crippen molar-refractivity contribution in [1.82, 2.24) is 0 Å². The summed E-state index contributed by atoms with van der Waals surface area (Å²) in [5.74, 6) is -0.343. The van der Waals surface area contributed by atoms with Crippen LogP contribution < -0.4 is 30.4 Å². The van der Waals surface area contributed by atoms with Gasteiger partial charge in [0.05, 0.1) is 83.2 Å². The van der Waals surface area contributed by atoms with Crippen LogP contribution >= 0.6 is 0 Å². The number of fused-ring (bicyclic) bond motifs is 1. The molecule has 15 heteroatoms. The number of aliphatic hydroxyl groups excluding tert-OH is 1. The molecule has 0 bridgehead atoms. The van der Waals surface area contributed by atoms with E-state index in [9.17, 15) is 28.2 Å². The van der Waals surface area contributed by atoms with Crippen LogP contribution in [-0.4, -0.2) is 97.0 Å². The van der Waals surface area contributed by atoms with Crippen LogP contribution in [0.1, 0.15) is 30.9 Å². The highest BCUT2D eigenvalue weighted by molar-refractivity contribution is 7.86. The summed E-state index contributed by atoms with van der Waals surface area (Å²) in [6.45, 7) is 2.67. The molecule has 6 rings (SSSR count). The Morgan fingerprint density at radius 1 is 0.731 bits per heavy atom. The second-order valence-corrected chi connectivity index (χ2v) is 14.2. The average Bonchev–Trinajstić information content (AvgIpc) is 3.26. The molecule has 0 fully saturated rings. The molecule has 0 saturated carbocycles. The monoisotopic (exact) mass is 739 g/mol. The maximum Gasteiger partial charge on any atom is 0.267 e. The summed E-state index contributed by atoms with van der Waals surface area (Å²) < 4.78 is 57.5. The summed E-state index contributed by atoms with van der Waals surface area (Å²) >= 11 is 0.